The summed E-state index contributed by atoms with van der Waals surface area (Å²) < 4.78 is 88.1. The summed E-state index contributed by atoms with van der Waals surface area (Å²) in [6, 6.07) is 0. The molecule has 14 heavy (non-hydrogen) atoms. The van der Waals surface area contributed by atoms with Gasteiger partial charge in [0.05, 0.1) is 0 Å². The standard InChI is InChI=1S/F4Si.2F2.O2Si.O2/c1-5(2,3)4;2*1-2;1-3-2;1-2. The average molecular weight is 272 g/mol. The Kier molecular flexibility index (Phi) is 83.8. The second-order valence-corrected chi connectivity index (χ2v) is 1.54. The van der Waals surface area contributed by atoms with Crippen LogP contribution in [0.3, 0.4) is 0 Å². The third-order valence-corrected chi connectivity index (χ3v) is 0. The lowest BCUT2D eigenvalue weighted by atomic mass is 15.3. The van der Waals surface area contributed by atoms with Crippen LogP contribution in [0.5, 0.6) is 0 Å². The maximum absolute atomic E-state index is 9.83. The van der Waals surface area contributed by atoms with E-state index < -0.39 is 18.7 Å². The summed E-state index contributed by atoms with van der Waals surface area (Å²) in [5.74, 6) is 0. The van der Waals surface area contributed by atoms with Crippen molar-refractivity contribution in [2.45, 2.75) is 0 Å². The van der Waals surface area contributed by atoms with Crippen molar-refractivity contribution in [2.75, 3.05) is 0 Å². The molecule has 0 atom stereocenters. The fraction of sp³-hybridized carbons (Fsp3) is 0. The molecule has 0 spiro atoms. The van der Waals surface area contributed by atoms with Gasteiger partial charge < -0.3 is 0 Å². The lowest BCUT2D eigenvalue weighted by Gasteiger charge is -1.75. The highest BCUT2D eigenvalue weighted by Gasteiger charge is 2.39. The molecule has 0 aliphatic rings. The molecule has 0 heterocycles. The van der Waals surface area contributed by atoms with Gasteiger partial charge in [0.15, 0.2) is 0 Å². The molecular weight excluding hydrogens is 272 g/mol. The van der Waals surface area contributed by atoms with Gasteiger partial charge in [-0.2, -0.15) is 0 Å². The second kappa shape index (κ2) is 40.1. The summed E-state index contributed by atoms with van der Waals surface area (Å²) in [5, 5.41) is 0. The van der Waals surface area contributed by atoms with Crippen LogP contribution in [0.15, 0.2) is 0 Å². The number of rotatable bonds is 0. The van der Waals surface area contributed by atoms with Crippen LogP contribution in [0, 0.1) is 9.93 Å². The minimum atomic E-state index is -6.61. The van der Waals surface area contributed by atoms with E-state index in [1.54, 1.807) is 0 Å². The summed E-state index contributed by atoms with van der Waals surface area (Å²) in [6.07, 6.45) is 0. The molecule has 0 radical (unpaired) electrons. The summed E-state index contributed by atoms with van der Waals surface area (Å²) in [6.45, 7) is 0. The van der Waals surface area contributed by atoms with Crippen LogP contribution in [-0.4, -0.2) is 18.7 Å². The summed E-state index contributed by atoms with van der Waals surface area (Å²) >= 11 is 0. The van der Waals surface area contributed by atoms with Crippen molar-refractivity contribution in [3.8, 4) is 0 Å². The van der Waals surface area contributed by atoms with Gasteiger partial charge in [-0.1, -0.05) is 0 Å². The van der Waals surface area contributed by atoms with Crippen LogP contribution in [0.4, 0.5) is 34.7 Å². The molecule has 0 aromatic rings. The van der Waals surface area contributed by atoms with Crippen LogP contribution in [-0.2, 0) is 8.92 Å². The largest absolute Gasteiger partial charge is 0.844 e. The van der Waals surface area contributed by atoms with Gasteiger partial charge in [-0.3, -0.25) is 8.92 Å². The minimum absolute atomic E-state index is 1.42. The first-order valence-electron chi connectivity index (χ1n) is 1.62. The third kappa shape index (κ3) is 1310. The molecule has 0 aliphatic carbocycles. The van der Waals surface area contributed by atoms with E-state index in [-0.39, 0.29) is 0 Å². The van der Waals surface area contributed by atoms with Gasteiger partial charge >= 0.3 is 18.7 Å². The summed E-state index contributed by atoms with van der Waals surface area (Å²) in [7, 11) is -8.03. The van der Waals surface area contributed by atoms with E-state index in [9.17, 15) is 16.4 Å². The normalized spacial score (nSPS) is 6.00. The molecule has 0 aromatic carbocycles. The van der Waals surface area contributed by atoms with Gasteiger partial charge in [0.1, 0.15) is 0 Å². The Labute approximate surface area is 73.5 Å². The maximum atomic E-state index is 9.83. The van der Waals surface area contributed by atoms with E-state index in [1.165, 1.54) is 0 Å². The van der Waals surface area contributed by atoms with Crippen molar-refractivity contribution in [2.24, 2.45) is 0 Å². The van der Waals surface area contributed by atoms with Crippen LogP contribution in [0.25, 0.3) is 0 Å². The van der Waals surface area contributed by atoms with E-state index in [0.717, 1.165) is 0 Å². The molecular formula is F8O4Si2. The molecule has 0 fully saturated rings. The molecule has 0 saturated carbocycles. The lowest BCUT2D eigenvalue weighted by Crippen LogP contribution is -2.02. The van der Waals surface area contributed by atoms with E-state index >= 15 is 0 Å². The SMILES string of the molecule is FF.FF.F[Si](F)(F)F.O=O.O=[Si]=O. The summed E-state index contributed by atoms with van der Waals surface area (Å²) in [4.78, 5) is 14.0. The smallest absolute Gasteiger partial charge is 0.274 e. The number of hydrogen-bond donors (Lipinski definition) is 0. The Morgan fingerprint density at radius 2 is 0.714 bits per heavy atom. The Morgan fingerprint density at radius 3 is 0.714 bits per heavy atom. The van der Waals surface area contributed by atoms with Gasteiger partial charge in [0.2, 0.25) is 0 Å². The monoisotopic (exact) mass is 272 g/mol. The number of hydrogen-bond acceptors (Lipinski definition) is 4. The van der Waals surface area contributed by atoms with Gasteiger partial charge in [0, 0.05) is 28.2 Å². The first-order chi connectivity index (χ1) is 6.41. The van der Waals surface area contributed by atoms with Gasteiger partial charge in [-0.15, -0.1) is 0 Å². The zero-order valence-corrected chi connectivity index (χ0v) is 7.66. The van der Waals surface area contributed by atoms with Crippen molar-refractivity contribution < 1.29 is 43.7 Å². The molecule has 0 bridgehead atoms. The highest BCUT2D eigenvalue weighted by molar-refractivity contribution is 6.50. The topological polar surface area (TPSA) is 68.3 Å². The fourth-order valence-electron chi connectivity index (χ4n) is 0. The molecule has 14 heteroatoms. The van der Waals surface area contributed by atoms with Crippen molar-refractivity contribution in [3.05, 3.63) is 9.93 Å². The van der Waals surface area contributed by atoms with Crippen molar-refractivity contribution in [1.82, 2.24) is 0 Å². The van der Waals surface area contributed by atoms with Gasteiger partial charge in [-0.25, -0.2) is 16.4 Å². The lowest BCUT2D eigenvalue weighted by molar-refractivity contribution is 0.108. The van der Waals surface area contributed by atoms with Crippen LogP contribution >= 0.6 is 0 Å². The first kappa shape index (κ1) is 29.2. The van der Waals surface area contributed by atoms with E-state index in [1.807, 2.05) is 0 Å². The Hall–Kier alpha value is -0.926. The highest BCUT2D eigenvalue weighted by Crippen LogP contribution is 2.06. The average Bonchev–Trinajstić information content (AvgIpc) is 2.12. The second-order valence-electron chi connectivity index (χ2n) is 0.512. The number of halogens is 8. The van der Waals surface area contributed by atoms with Crippen LogP contribution < -0.4 is 0 Å². The first-order valence-corrected chi connectivity index (χ1v) is 3.94. The van der Waals surface area contributed by atoms with E-state index in [4.69, 9.17) is 37.2 Å². The predicted molar refractivity (Wildman–Crippen MR) is 28.5 cm³/mol. The summed E-state index contributed by atoms with van der Waals surface area (Å²) in [5.41, 5.74) is 0. The fourth-order valence-corrected chi connectivity index (χ4v) is 0. The molecule has 0 N–H and O–H groups in total. The Balaban J connectivity index is -0.0000000263. The van der Waals surface area contributed by atoms with Crippen molar-refractivity contribution in [1.29, 1.82) is 0 Å². The molecule has 0 rings (SSSR count). The molecule has 0 aliphatic heterocycles. The maximum Gasteiger partial charge on any atom is 0.844 e. The zero-order chi connectivity index (χ0) is 13.2. The molecule has 0 amide bonds. The van der Waals surface area contributed by atoms with E-state index in [2.05, 4.69) is 0 Å². The molecule has 4 nitrogen and oxygen atoms in total. The van der Waals surface area contributed by atoms with Crippen molar-refractivity contribution in [3.63, 3.8) is 0 Å². The Morgan fingerprint density at radius 1 is 0.714 bits per heavy atom. The Bertz CT molecular complexity index is 90.0. The van der Waals surface area contributed by atoms with Crippen LogP contribution in [0.2, 0.25) is 0 Å². The van der Waals surface area contributed by atoms with Gasteiger partial charge in [0.25, 0.3) is 0 Å². The molecule has 0 saturated heterocycles. The van der Waals surface area contributed by atoms with E-state index in [0.29, 0.717) is 0 Å². The zero-order valence-electron chi connectivity index (χ0n) is 5.66. The van der Waals surface area contributed by atoms with Crippen molar-refractivity contribution >= 4 is 18.7 Å². The van der Waals surface area contributed by atoms with Crippen LogP contribution in [0.1, 0.15) is 0 Å². The van der Waals surface area contributed by atoms with Gasteiger partial charge in [-0.05, 0) is 0 Å². The molecule has 0 aromatic heterocycles. The quantitative estimate of drug-likeness (QED) is 0.386. The molecule has 0 unspecified atom stereocenters. The predicted octanol–water partition coefficient (Wildman–Crippen LogP) is 2.43. The third-order valence-electron chi connectivity index (χ3n) is 0. The molecule has 88 valence electrons. The highest BCUT2D eigenvalue weighted by atomic mass is 28.5. The minimum Gasteiger partial charge on any atom is -0.274 e.